The standard InChI is InChI=1S/C16H21N5O3/c1-4-17-16(19-10-15-20-11(2)12(3)24-15)18-9-13-6-5-7-14(8-13)21(22)23/h5-8H,4,9-10H2,1-3H3,(H2,17,18,19). The third-order valence-electron chi connectivity index (χ3n) is 3.37. The molecule has 0 aliphatic rings. The Kier molecular flexibility index (Phi) is 5.89. The van der Waals surface area contributed by atoms with Crippen LogP contribution >= 0.6 is 0 Å². The molecule has 0 radical (unpaired) electrons. The van der Waals surface area contributed by atoms with Crippen LogP contribution in [0.3, 0.4) is 0 Å². The first kappa shape index (κ1) is 17.5. The van der Waals surface area contributed by atoms with Crippen LogP contribution in [0.4, 0.5) is 5.69 Å². The van der Waals surface area contributed by atoms with Gasteiger partial charge in [-0.2, -0.15) is 0 Å². The summed E-state index contributed by atoms with van der Waals surface area (Å²) in [5.41, 5.74) is 1.70. The van der Waals surface area contributed by atoms with Crippen LogP contribution in [0.1, 0.15) is 29.8 Å². The number of rotatable bonds is 6. The molecule has 8 nitrogen and oxygen atoms in total. The third-order valence-corrected chi connectivity index (χ3v) is 3.37. The van der Waals surface area contributed by atoms with E-state index >= 15 is 0 Å². The molecule has 0 spiro atoms. The quantitative estimate of drug-likeness (QED) is 0.364. The van der Waals surface area contributed by atoms with Gasteiger partial charge in [0.25, 0.3) is 5.69 Å². The van der Waals surface area contributed by atoms with E-state index in [1.54, 1.807) is 12.1 Å². The highest BCUT2D eigenvalue weighted by Gasteiger charge is 2.07. The predicted octanol–water partition coefficient (Wildman–Crippen LogP) is 2.45. The van der Waals surface area contributed by atoms with Crippen LogP contribution in [-0.4, -0.2) is 22.4 Å². The molecule has 0 aliphatic heterocycles. The van der Waals surface area contributed by atoms with Crippen LogP contribution in [-0.2, 0) is 13.1 Å². The molecule has 128 valence electrons. The number of nitro groups is 1. The molecule has 0 saturated heterocycles. The highest BCUT2D eigenvalue weighted by atomic mass is 16.6. The maximum Gasteiger partial charge on any atom is 0.269 e. The third kappa shape index (κ3) is 4.80. The van der Waals surface area contributed by atoms with Crippen molar-refractivity contribution in [1.82, 2.24) is 15.6 Å². The van der Waals surface area contributed by atoms with Gasteiger partial charge in [-0.05, 0) is 26.3 Å². The summed E-state index contributed by atoms with van der Waals surface area (Å²) < 4.78 is 5.52. The van der Waals surface area contributed by atoms with Crippen LogP contribution in [0.2, 0.25) is 0 Å². The molecule has 2 rings (SSSR count). The maximum absolute atomic E-state index is 10.8. The number of non-ortho nitro benzene ring substituents is 1. The summed E-state index contributed by atoms with van der Waals surface area (Å²) in [7, 11) is 0. The molecule has 1 heterocycles. The molecule has 1 aromatic heterocycles. The van der Waals surface area contributed by atoms with Gasteiger partial charge in [-0.1, -0.05) is 12.1 Å². The Balaban J connectivity index is 2.02. The molecular weight excluding hydrogens is 310 g/mol. The minimum Gasteiger partial charge on any atom is -0.444 e. The molecule has 0 saturated carbocycles. The topological polar surface area (TPSA) is 106 Å². The molecule has 0 atom stereocenters. The maximum atomic E-state index is 10.8. The number of nitrogens with zero attached hydrogens (tertiary/aromatic N) is 3. The Morgan fingerprint density at radius 3 is 2.79 bits per heavy atom. The monoisotopic (exact) mass is 331 g/mol. The van der Waals surface area contributed by atoms with Crippen molar-refractivity contribution in [2.24, 2.45) is 4.99 Å². The van der Waals surface area contributed by atoms with E-state index in [0.717, 1.165) is 17.0 Å². The normalized spacial score (nSPS) is 11.4. The second-order valence-corrected chi connectivity index (χ2v) is 5.22. The average molecular weight is 331 g/mol. The fraction of sp³-hybridized carbons (Fsp3) is 0.375. The lowest BCUT2D eigenvalue weighted by Crippen LogP contribution is -2.36. The summed E-state index contributed by atoms with van der Waals surface area (Å²) in [6.07, 6.45) is 0. The number of aryl methyl sites for hydroxylation is 2. The van der Waals surface area contributed by atoms with Crippen LogP contribution in [0.25, 0.3) is 0 Å². The summed E-state index contributed by atoms with van der Waals surface area (Å²) in [6.45, 7) is 7.17. The SMILES string of the molecule is CCNC(=NCc1cccc([N+](=O)[O-])c1)NCc1nc(C)c(C)o1. The number of aliphatic imine (C=N–C) groups is 1. The lowest BCUT2D eigenvalue weighted by Gasteiger charge is -2.09. The predicted molar refractivity (Wildman–Crippen MR) is 90.7 cm³/mol. The summed E-state index contributed by atoms with van der Waals surface area (Å²) >= 11 is 0. The van der Waals surface area contributed by atoms with Gasteiger partial charge in [-0.15, -0.1) is 0 Å². The van der Waals surface area contributed by atoms with Crippen molar-refractivity contribution in [1.29, 1.82) is 0 Å². The van der Waals surface area contributed by atoms with Crippen molar-refractivity contribution >= 4 is 11.6 Å². The van der Waals surface area contributed by atoms with E-state index in [-0.39, 0.29) is 5.69 Å². The number of aromatic nitrogens is 1. The largest absolute Gasteiger partial charge is 0.444 e. The van der Waals surface area contributed by atoms with Crippen molar-refractivity contribution in [2.75, 3.05) is 6.54 Å². The summed E-state index contributed by atoms with van der Waals surface area (Å²) in [4.78, 5) is 19.1. The zero-order valence-corrected chi connectivity index (χ0v) is 14.0. The number of guanidine groups is 1. The molecule has 1 aromatic carbocycles. The van der Waals surface area contributed by atoms with Gasteiger partial charge in [0.1, 0.15) is 5.76 Å². The molecule has 0 bridgehead atoms. The number of nitrogens with one attached hydrogen (secondary N) is 2. The van der Waals surface area contributed by atoms with Crippen molar-refractivity contribution in [3.8, 4) is 0 Å². The summed E-state index contributed by atoms with van der Waals surface area (Å²) in [5.74, 6) is 1.98. The number of hydrogen-bond donors (Lipinski definition) is 2. The van der Waals surface area contributed by atoms with E-state index in [9.17, 15) is 10.1 Å². The van der Waals surface area contributed by atoms with Gasteiger partial charge in [0.05, 0.1) is 23.7 Å². The lowest BCUT2D eigenvalue weighted by molar-refractivity contribution is -0.384. The molecule has 0 aliphatic carbocycles. The van der Waals surface area contributed by atoms with Gasteiger partial charge in [-0.3, -0.25) is 10.1 Å². The van der Waals surface area contributed by atoms with E-state index in [1.807, 2.05) is 20.8 Å². The summed E-state index contributed by atoms with van der Waals surface area (Å²) in [6, 6.07) is 6.44. The number of nitro benzene ring substituents is 1. The molecule has 0 unspecified atom stereocenters. The smallest absolute Gasteiger partial charge is 0.269 e. The Morgan fingerprint density at radius 1 is 1.38 bits per heavy atom. The van der Waals surface area contributed by atoms with Crippen molar-refractivity contribution in [2.45, 2.75) is 33.9 Å². The highest BCUT2D eigenvalue weighted by molar-refractivity contribution is 5.79. The van der Waals surface area contributed by atoms with Gasteiger partial charge < -0.3 is 15.1 Å². The highest BCUT2D eigenvalue weighted by Crippen LogP contribution is 2.13. The fourth-order valence-corrected chi connectivity index (χ4v) is 2.05. The number of benzene rings is 1. The minimum absolute atomic E-state index is 0.0615. The summed E-state index contributed by atoms with van der Waals surface area (Å²) in [5, 5.41) is 17.1. The molecule has 24 heavy (non-hydrogen) atoms. The first-order chi connectivity index (χ1) is 11.5. The van der Waals surface area contributed by atoms with Crippen LogP contribution in [0.5, 0.6) is 0 Å². The van der Waals surface area contributed by atoms with E-state index in [0.29, 0.717) is 31.5 Å². The number of hydrogen-bond acceptors (Lipinski definition) is 5. The van der Waals surface area contributed by atoms with Crippen molar-refractivity contribution < 1.29 is 9.34 Å². The Hall–Kier alpha value is -2.90. The molecular formula is C16H21N5O3. The van der Waals surface area contributed by atoms with Crippen molar-refractivity contribution in [3.05, 3.63) is 57.3 Å². The van der Waals surface area contributed by atoms with Gasteiger partial charge in [0.15, 0.2) is 5.96 Å². The van der Waals surface area contributed by atoms with E-state index < -0.39 is 4.92 Å². The molecule has 0 amide bonds. The van der Waals surface area contributed by atoms with Crippen LogP contribution < -0.4 is 10.6 Å². The van der Waals surface area contributed by atoms with Gasteiger partial charge in [0.2, 0.25) is 5.89 Å². The second kappa shape index (κ2) is 8.09. The molecule has 0 fully saturated rings. The van der Waals surface area contributed by atoms with Crippen LogP contribution in [0, 0.1) is 24.0 Å². The second-order valence-electron chi connectivity index (χ2n) is 5.22. The van der Waals surface area contributed by atoms with E-state index in [1.165, 1.54) is 12.1 Å². The Morgan fingerprint density at radius 2 is 2.17 bits per heavy atom. The zero-order valence-electron chi connectivity index (χ0n) is 14.0. The average Bonchev–Trinajstić information content (AvgIpc) is 2.88. The first-order valence-corrected chi connectivity index (χ1v) is 7.68. The van der Waals surface area contributed by atoms with Gasteiger partial charge in [0, 0.05) is 18.7 Å². The molecule has 2 aromatic rings. The fourth-order valence-electron chi connectivity index (χ4n) is 2.05. The van der Waals surface area contributed by atoms with Crippen LogP contribution in [0.15, 0.2) is 33.7 Å². The van der Waals surface area contributed by atoms with E-state index in [4.69, 9.17) is 4.42 Å². The zero-order chi connectivity index (χ0) is 17.5. The lowest BCUT2D eigenvalue weighted by atomic mass is 10.2. The van der Waals surface area contributed by atoms with Gasteiger partial charge in [-0.25, -0.2) is 9.98 Å². The minimum atomic E-state index is -0.413. The molecule has 8 heteroatoms. The first-order valence-electron chi connectivity index (χ1n) is 7.68. The van der Waals surface area contributed by atoms with Crippen molar-refractivity contribution in [3.63, 3.8) is 0 Å². The Labute approximate surface area is 140 Å². The van der Waals surface area contributed by atoms with E-state index in [2.05, 4.69) is 20.6 Å². The Bertz CT molecular complexity index is 720. The number of oxazole rings is 1. The molecule has 2 N–H and O–H groups in total. The van der Waals surface area contributed by atoms with Gasteiger partial charge >= 0.3 is 0 Å².